The number of benzene rings is 2. The van der Waals surface area contributed by atoms with Crippen molar-refractivity contribution >= 4 is 40.5 Å². The van der Waals surface area contributed by atoms with Crippen LogP contribution in [-0.4, -0.2) is 32.2 Å². The Labute approximate surface area is 201 Å². The van der Waals surface area contributed by atoms with Crippen molar-refractivity contribution in [3.63, 3.8) is 0 Å². The molecule has 33 heavy (non-hydrogen) atoms. The van der Waals surface area contributed by atoms with Crippen molar-refractivity contribution in [3.05, 3.63) is 83.2 Å². The van der Waals surface area contributed by atoms with Gasteiger partial charge in [0, 0.05) is 17.7 Å². The molecular formula is C25H24N4O2S2. The Kier molecular flexibility index (Phi) is 7.70. The maximum absolute atomic E-state index is 12.4. The van der Waals surface area contributed by atoms with E-state index in [4.69, 9.17) is 0 Å². The predicted molar refractivity (Wildman–Crippen MR) is 134 cm³/mol. The van der Waals surface area contributed by atoms with E-state index in [2.05, 4.69) is 32.2 Å². The molecule has 4 aromatic rings. The highest BCUT2D eigenvalue weighted by Crippen LogP contribution is 2.28. The molecule has 1 amide bonds. The first-order valence-corrected chi connectivity index (χ1v) is 12.5. The van der Waals surface area contributed by atoms with Gasteiger partial charge in [-0.3, -0.25) is 14.2 Å². The van der Waals surface area contributed by atoms with E-state index in [1.165, 1.54) is 12.5 Å². The zero-order valence-electron chi connectivity index (χ0n) is 18.2. The molecule has 0 atom stereocenters. The van der Waals surface area contributed by atoms with Gasteiger partial charge in [-0.15, -0.1) is 21.5 Å². The van der Waals surface area contributed by atoms with Crippen LogP contribution in [0.1, 0.15) is 35.7 Å². The Bertz CT molecular complexity index is 1220. The molecule has 0 saturated heterocycles. The van der Waals surface area contributed by atoms with E-state index in [1.54, 1.807) is 41.3 Å². The molecule has 0 aliphatic carbocycles. The minimum absolute atomic E-state index is 0.0687. The van der Waals surface area contributed by atoms with E-state index in [0.717, 1.165) is 21.6 Å². The van der Waals surface area contributed by atoms with Gasteiger partial charge in [-0.25, -0.2) is 0 Å². The number of amides is 1. The normalized spacial score (nSPS) is 10.8. The minimum atomic E-state index is -0.102. The van der Waals surface area contributed by atoms with Gasteiger partial charge < -0.3 is 5.32 Å². The quantitative estimate of drug-likeness (QED) is 0.179. The lowest BCUT2D eigenvalue weighted by Gasteiger charge is -2.10. The summed E-state index contributed by atoms with van der Waals surface area (Å²) in [4.78, 5) is 25.2. The number of nitrogens with one attached hydrogen (secondary N) is 1. The maximum atomic E-state index is 12.4. The van der Waals surface area contributed by atoms with Crippen LogP contribution in [0, 0.1) is 0 Å². The van der Waals surface area contributed by atoms with Crippen LogP contribution in [0.2, 0.25) is 0 Å². The summed E-state index contributed by atoms with van der Waals surface area (Å²) in [5, 5.41) is 14.6. The molecule has 8 heteroatoms. The van der Waals surface area contributed by atoms with Crippen molar-refractivity contribution in [2.75, 3.05) is 11.1 Å². The van der Waals surface area contributed by atoms with Crippen molar-refractivity contribution in [2.45, 2.75) is 31.5 Å². The number of carbonyl (C=O) groups excluding carboxylic acids is 2. The number of carbonyl (C=O) groups is 2. The molecular weight excluding hydrogens is 452 g/mol. The van der Waals surface area contributed by atoms with Crippen molar-refractivity contribution in [2.24, 2.45) is 0 Å². The number of nitrogens with zero attached hydrogens (tertiary/aromatic N) is 3. The molecule has 2 aromatic heterocycles. The number of anilines is 1. The third-order valence-electron chi connectivity index (χ3n) is 5.00. The van der Waals surface area contributed by atoms with E-state index >= 15 is 0 Å². The number of aromatic nitrogens is 3. The topological polar surface area (TPSA) is 76.9 Å². The van der Waals surface area contributed by atoms with Crippen LogP contribution in [0.4, 0.5) is 5.69 Å². The maximum Gasteiger partial charge on any atom is 0.224 e. The molecule has 2 aromatic carbocycles. The van der Waals surface area contributed by atoms with Crippen LogP contribution in [0.3, 0.4) is 0 Å². The fourth-order valence-electron chi connectivity index (χ4n) is 3.40. The van der Waals surface area contributed by atoms with E-state index in [0.29, 0.717) is 30.6 Å². The van der Waals surface area contributed by atoms with Gasteiger partial charge in [-0.1, -0.05) is 60.3 Å². The third-order valence-corrected chi connectivity index (χ3v) is 6.92. The summed E-state index contributed by atoms with van der Waals surface area (Å²) >= 11 is 3.24. The Morgan fingerprint density at radius 3 is 2.55 bits per heavy atom. The average Bonchev–Trinajstić information content (AvgIpc) is 3.48. The minimum Gasteiger partial charge on any atom is -0.325 e. The fraction of sp³-hybridized carbons (Fsp3) is 0.200. The molecule has 0 unspecified atom stereocenters. The van der Waals surface area contributed by atoms with Crippen LogP contribution in [0.25, 0.3) is 10.7 Å². The molecule has 1 N–H and O–H groups in total. The number of hydrogen-bond donors (Lipinski definition) is 1. The lowest BCUT2D eigenvalue weighted by molar-refractivity contribution is -0.116. The van der Waals surface area contributed by atoms with E-state index in [9.17, 15) is 9.59 Å². The molecule has 0 radical (unpaired) electrons. The lowest BCUT2D eigenvalue weighted by atomic mass is 10.1. The SMILES string of the molecule is CC(=O)c1ccccc1NC(=O)CCCSc1nnc(-c2cccs2)n1Cc1ccccc1. The zero-order valence-corrected chi connectivity index (χ0v) is 19.9. The second-order valence-corrected chi connectivity index (χ2v) is 9.47. The Morgan fingerprint density at radius 1 is 1.00 bits per heavy atom. The molecule has 4 rings (SSSR count). The molecule has 2 heterocycles. The number of Topliss-reactive ketones (excluding diaryl/α,β-unsaturated/α-hetero) is 1. The first-order chi connectivity index (χ1) is 16.1. The highest BCUT2D eigenvalue weighted by atomic mass is 32.2. The van der Waals surface area contributed by atoms with Crippen molar-refractivity contribution in [1.82, 2.24) is 14.8 Å². The van der Waals surface area contributed by atoms with Gasteiger partial charge in [0.15, 0.2) is 16.8 Å². The van der Waals surface area contributed by atoms with Crippen molar-refractivity contribution < 1.29 is 9.59 Å². The van der Waals surface area contributed by atoms with E-state index < -0.39 is 0 Å². The second kappa shape index (κ2) is 11.1. The summed E-state index contributed by atoms with van der Waals surface area (Å²) in [5.41, 5.74) is 2.27. The number of para-hydroxylation sites is 1. The summed E-state index contributed by atoms with van der Waals surface area (Å²) < 4.78 is 2.13. The predicted octanol–water partition coefficient (Wildman–Crippen LogP) is 5.77. The molecule has 0 aliphatic rings. The van der Waals surface area contributed by atoms with E-state index in [1.807, 2.05) is 41.8 Å². The molecule has 0 aliphatic heterocycles. The van der Waals surface area contributed by atoms with Crippen LogP contribution < -0.4 is 5.32 Å². The van der Waals surface area contributed by atoms with Crippen molar-refractivity contribution in [1.29, 1.82) is 0 Å². The van der Waals surface area contributed by atoms with Gasteiger partial charge in [0.1, 0.15) is 0 Å². The van der Waals surface area contributed by atoms with Crippen LogP contribution in [0.5, 0.6) is 0 Å². The first kappa shape index (κ1) is 22.9. The van der Waals surface area contributed by atoms with Gasteiger partial charge in [0.05, 0.1) is 17.1 Å². The first-order valence-electron chi connectivity index (χ1n) is 10.7. The average molecular weight is 477 g/mol. The van der Waals surface area contributed by atoms with Gasteiger partial charge in [-0.05, 0) is 42.5 Å². The summed E-state index contributed by atoms with van der Waals surface area (Å²) in [6.07, 6.45) is 1.05. The van der Waals surface area contributed by atoms with Crippen molar-refractivity contribution in [3.8, 4) is 10.7 Å². The molecule has 0 fully saturated rings. The molecule has 168 valence electrons. The summed E-state index contributed by atoms with van der Waals surface area (Å²) in [5.74, 6) is 1.42. The number of ketones is 1. The lowest BCUT2D eigenvalue weighted by Crippen LogP contribution is -2.14. The Balaban J connectivity index is 1.37. The second-order valence-electron chi connectivity index (χ2n) is 7.46. The molecule has 0 spiro atoms. The van der Waals surface area contributed by atoms with Gasteiger partial charge >= 0.3 is 0 Å². The summed E-state index contributed by atoms with van der Waals surface area (Å²) in [7, 11) is 0. The Morgan fingerprint density at radius 2 is 1.79 bits per heavy atom. The van der Waals surface area contributed by atoms with Gasteiger partial charge in [0.2, 0.25) is 5.91 Å². The van der Waals surface area contributed by atoms with Gasteiger partial charge in [0.25, 0.3) is 0 Å². The highest BCUT2D eigenvalue weighted by molar-refractivity contribution is 7.99. The highest BCUT2D eigenvalue weighted by Gasteiger charge is 2.16. The van der Waals surface area contributed by atoms with Gasteiger partial charge in [-0.2, -0.15) is 0 Å². The number of thioether (sulfide) groups is 1. The molecule has 6 nitrogen and oxygen atoms in total. The summed E-state index contributed by atoms with van der Waals surface area (Å²) in [6.45, 7) is 2.18. The van der Waals surface area contributed by atoms with Crippen LogP contribution in [-0.2, 0) is 11.3 Å². The summed E-state index contributed by atoms with van der Waals surface area (Å²) in [6, 6.07) is 21.4. The smallest absolute Gasteiger partial charge is 0.224 e. The largest absolute Gasteiger partial charge is 0.325 e. The van der Waals surface area contributed by atoms with E-state index in [-0.39, 0.29) is 11.7 Å². The molecule has 0 bridgehead atoms. The number of rotatable bonds is 10. The monoisotopic (exact) mass is 476 g/mol. The standard InChI is InChI=1S/C25H24N4O2S2/c1-18(30)20-11-5-6-12-21(20)26-23(31)14-8-16-33-25-28-27-24(22-13-7-15-32-22)29(25)17-19-9-3-2-4-10-19/h2-7,9-13,15H,8,14,16-17H2,1H3,(H,26,31). The zero-order chi connectivity index (χ0) is 23.0. The number of thiophene rings is 1. The fourth-order valence-corrected chi connectivity index (χ4v) is 4.99. The van der Waals surface area contributed by atoms with Crippen LogP contribution >= 0.6 is 23.1 Å². The van der Waals surface area contributed by atoms with Crippen LogP contribution in [0.15, 0.2) is 77.3 Å². The Hall–Kier alpha value is -3.23. The number of hydrogen-bond acceptors (Lipinski definition) is 6. The molecule has 0 saturated carbocycles. The third kappa shape index (κ3) is 5.97.